The molecule has 1 aliphatic rings. The van der Waals surface area contributed by atoms with Gasteiger partial charge in [-0.15, -0.1) is 0 Å². The fourth-order valence-corrected chi connectivity index (χ4v) is 3.52. The summed E-state index contributed by atoms with van der Waals surface area (Å²) in [6, 6.07) is 4.14. The van der Waals surface area contributed by atoms with Crippen molar-refractivity contribution in [1.29, 1.82) is 0 Å². The van der Waals surface area contributed by atoms with Gasteiger partial charge in [-0.05, 0) is 32.4 Å². The van der Waals surface area contributed by atoms with E-state index < -0.39 is 0 Å². The Morgan fingerprint density at radius 3 is 3.00 bits per heavy atom. The van der Waals surface area contributed by atoms with Crippen molar-refractivity contribution in [2.24, 2.45) is 0 Å². The van der Waals surface area contributed by atoms with Crippen molar-refractivity contribution in [3.63, 3.8) is 0 Å². The highest BCUT2D eigenvalue weighted by Crippen LogP contribution is 2.26. The maximum atomic E-state index is 9.11. The molecule has 130 valence electrons. The Morgan fingerprint density at radius 2 is 2.25 bits per heavy atom. The molecule has 0 aliphatic carbocycles. The second kappa shape index (κ2) is 7.51. The maximum absolute atomic E-state index is 9.11. The second-order valence-electron chi connectivity index (χ2n) is 6.22. The zero-order valence-electron chi connectivity index (χ0n) is 14.2. The van der Waals surface area contributed by atoms with E-state index in [4.69, 9.17) is 16.7 Å². The van der Waals surface area contributed by atoms with Crippen molar-refractivity contribution < 1.29 is 5.11 Å². The molecule has 0 amide bonds. The van der Waals surface area contributed by atoms with Gasteiger partial charge in [-0.3, -0.25) is 4.68 Å². The third-order valence-electron chi connectivity index (χ3n) is 4.64. The molecule has 2 aromatic heterocycles. The molecular formula is C17H24ClN5O. The Bertz CT molecular complexity index is 702. The van der Waals surface area contributed by atoms with Gasteiger partial charge in [-0.25, -0.2) is 4.98 Å². The van der Waals surface area contributed by atoms with Gasteiger partial charge in [0.25, 0.3) is 0 Å². The smallest absolute Gasteiger partial charge is 0.147 e. The SMILES string of the molecule is Cc1nn(CCO)c(C)c1CNC1CCN(c2ncccc2Cl)C1. The molecule has 1 atom stereocenters. The monoisotopic (exact) mass is 349 g/mol. The molecule has 0 aromatic carbocycles. The summed E-state index contributed by atoms with van der Waals surface area (Å²) in [7, 11) is 0. The summed E-state index contributed by atoms with van der Waals surface area (Å²) in [4.78, 5) is 6.63. The zero-order chi connectivity index (χ0) is 17.1. The summed E-state index contributed by atoms with van der Waals surface area (Å²) in [6.07, 6.45) is 2.85. The number of aromatic nitrogens is 3. The van der Waals surface area contributed by atoms with E-state index in [0.29, 0.717) is 17.6 Å². The highest BCUT2D eigenvalue weighted by molar-refractivity contribution is 6.32. The van der Waals surface area contributed by atoms with Gasteiger partial charge < -0.3 is 15.3 Å². The Morgan fingerprint density at radius 1 is 1.42 bits per heavy atom. The number of halogens is 1. The number of hydrogen-bond donors (Lipinski definition) is 2. The van der Waals surface area contributed by atoms with Crippen LogP contribution in [0.15, 0.2) is 18.3 Å². The predicted octanol–water partition coefficient (Wildman–Crippen LogP) is 1.91. The second-order valence-corrected chi connectivity index (χ2v) is 6.62. The summed E-state index contributed by atoms with van der Waals surface area (Å²) in [6.45, 7) is 7.38. The van der Waals surface area contributed by atoms with Crippen LogP contribution in [0.1, 0.15) is 23.4 Å². The Labute approximate surface area is 147 Å². The minimum absolute atomic E-state index is 0.108. The molecule has 1 fully saturated rings. The van der Waals surface area contributed by atoms with E-state index in [1.807, 2.05) is 23.7 Å². The standard InChI is InChI=1S/C17H24ClN5O/c1-12-15(13(2)23(21-12)8-9-24)10-20-14-5-7-22(11-14)17-16(18)4-3-6-19-17/h3-4,6,14,20,24H,5,7-11H2,1-2H3. The molecule has 0 bridgehead atoms. The van der Waals surface area contributed by atoms with Crippen molar-refractivity contribution in [2.45, 2.75) is 39.4 Å². The first-order valence-electron chi connectivity index (χ1n) is 8.32. The molecule has 1 aliphatic heterocycles. The molecular weight excluding hydrogens is 326 g/mol. The van der Waals surface area contributed by atoms with Crippen molar-refractivity contribution in [2.75, 3.05) is 24.6 Å². The van der Waals surface area contributed by atoms with Crippen LogP contribution in [-0.2, 0) is 13.1 Å². The van der Waals surface area contributed by atoms with Crippen LogP contribution in [0.2, 0.25) is 5.02 Å². The van der Waals surface area contributed by atoms with Crippen molar-refractivity contribution >= 4 is 17.4 Å². The van der Waals surface area contributed by atoms with Gasteiger partial charge in [0, 0.05) is 43.1 Å². The highest BCUT2D eigenvalue weighted by Gasteiger charge is 2.25. The van der Waals surface area contributed by atoms with Gasteiger partial charge in [0.05, 0.1) is 23.9 Å². The van der Waals surface area contributed by atoms with Crippen LogP contribution >= 0.6 is 11.6 Å². The van der Waals surface area contributed by atoms with E-state index in [1.165, 1.54) is 5.56 Å². The van der Waals surface area contributed by atoms with Crippen LogP contribution in [0.3, 0.4) is 0 Å². The lowest BCUT2D eigenvalue weighted by atomic mass is 10.1. The molecule has 0 saturated carbocycles. The normalized spacial score (nSPS) is 17.7. The molecule has 6 nitrogen and oxygen atoms in total. The number of aryl methyl sites for hydroxylation is 1. The number of nitrogens with one attached hydrogen (secondary N) is 1. The molecule has 0 radical (unpaired) electrons. The third kappa shape index (κ3) is 3.55. The fourth-order valence-electron chi connectivity index (χ4n) is 3.28. The van der Waals surface area contributed by atoms with E-state index >= 15 is 0 Å². The Hall–Kier alpha value is -1.63. The minimum Gasteiger partial charge on any atom is -0.394 e. The number of nitrogens with zero attached hydrogens (tertiary/aromatic N) is 4. The first kappa shape index (κ1) is 17.2. The number of aliphatic hydroxyl groups excluding tert-OH is 1. The maximum Gasteiger partial charge on any atom is 0.147 e. The molecule has 1 saturated heterocycles. The topological polar surface area (TPSA) is 66.2 Å². The van der Waals surface area contributed by atoms with Crippen LogP contribution in [0.4, 0.5) is 5.82 Å². The van der Waals surface area contributed by atoms with Crippen molar-refractivity contribution in [3.05, 3.63) is 40.3 Å². The lowest BCUT2D eigenvalue weighted by Crippen LogP contribution is -2.32. The van der Waals surface area contributed by atoms with Crippen LogP contribution in [0.25, 0.3) is 0 Å². The zero-order valence-corrected chi connectivity index (χ0v) is 14.9. The van der Waals surface area contributed by atoms with E-state index in [-0.39, 0.29) is 6.61 Å². The van der Waals surface area contributed by atoms with Gasteiger partial charge in [0.2, 0.25) is 0 Å². The van der Waals surface area contributed by atoms with E-state index in [1.54, 1.807) is 6.20 Å². The lowest BCUT2D eigenvalue weighted by molar-refractivity contribution is 0.267. The van der Waals surface area contributed by atoms with Gasteiger partial charge >= 0.3 is 0 Å². The summed E-state index contributed by atoms with van der Waals surface area (Å²) in [5.74, 6) is 0.867. The van der Waals surface area contributed by atoms with Crippen molar-refractivity contribution in [3.8, 4) is 0 Å². The molecule has 2 N–H and O–H groups in total. The van der Waals surface area contributed by atoms with Gasteiger partial charge in [0.15, 0.2) is 0 Å². The van der Waals surface area contributed by atoms with Crippen LogP contribution < -0.4 is 10.2 Å². The van der Waals surface area contributed by atoms with E-state index in [2.05, 4.69) is 27.2 Å². The van der Waals surface area contributed by atoms with Gasteiger partial charge in [-0.2, -0.15) is 5.10 Å². The van der Waals surface area contributed by atoms with Crippen molar-refractivity contribution in [1.82, 2.24) is 20.1 Å². The lowest BCUT2D eigenvalue weighted by Gasteiger charge is -2.19. The quantitative estimate of drug-likeness (QED) is 0.834. The van der Waals surface area contributed by atoms with Crippen LogP contribution in [0, 0.1) is 13.8 Å². The molecule has 7 heteroatoms. The minimum atomic E-state index is 0.108. The number of hydrogen-bond acceptors (Lipinski definition) is 5. The van der Waals surface area contributed by atoms with E-state index in [0.717, 1.165) is 43.3 Å². The van der Waals surface area contributed by atoms with Crippen LogP contribution in [0.5, 0.6) is 0 Å². The predicted molar refractivity (Wildman–Crippen MR) is 95.5 cm³/mol. The summed E-state index contributed by atoms with van der Waals surface area (Å²) >= 11 is 6.24. The van der Waals surface area contributed by atoms with E-state index in [9.17, 15) is 0 Å². The summed E-state index contributed by atoms with van der Waals surface area (Å²) in [5.41, 5.74) is 3.37. The fraction of sp³-hybridized carbons (Fsp3) is 0.529. The number of pyridine rings is 1. The molecule has 3 heterocycles. The summed E-state index contributed by atoms with van der Waals surface area (Å²) in [5, 5.41) is 17.9. The third-order valence-corrected chi connectivity index (χ3v) is 4.93. The molecule has 3 rings (SSSR count). The first-order chi connectivity index (χ1) is 11.6. The Kier molecular flexibility index (Phi) is 5.38. The number of anilines is 1. The highest BCUT2D eigenvalue weighted by atomic mass is 35.5. The number of rotatable bonds is 6. The average Bonchev–Trinajstić information content (AvgIpc) is 3.12. The molecule has 0 spiro atoms. The van der Waals surface area contributed by atoms with Crippen LogP contribution in [-0.4, -0.2) is 45.6 Å². The Balaban J connectivity index is 1.60. The average molecular weight is 350 g/mol. The summed E-state index contributed by atoms with van der Waals surface area (Å²) < 4.78 is 1.88. The van der Waals surface area contributed by atoms with Gasteiger partial charge in [0.1, 0.15) is 5.82 Å². The number of aliphatic hydroxyl groups is 1. The molecule has 2 aromatic rings. The van der Waals surface area contributed by atoms with Gasteiger partial charge in [-0.1, -0.05) is 11.6 Å². The molecule has 24 heavy (non-hydrogen) atoms. The first-order valence-corrected chi connectivity index (χ1v) is 8.70. The molecule has 1 unspecified atom stereocenters. The largest absolute Gasteiger partial charge is 0.394 e.